The van der Waals surface area contributed by atoms with E-state index in [0.29, 0.717) is 23.9 Å². The van der Waals surface area contributed by atoms with Gasteiger partial charge in [0.25, 0.3) is 0 Å². The molecule has 0 aliphatic rings. The van der Waals surface area contributed by atoms with Gasteiger partial charge in [0, 0.05) is 25.5 Å². The van der Waals surface area contributed by atoms with Gasteiger partial charge in [-0.2, -0.15) is 0 Å². The van der Waals surface area contributed by atoms with E-state index >= 15 is 0 Å². The van der Waals surface area contributed by atoms with E-state index in [1.54, 1.807) is 30.5 Å². The second kappa shape index (κ2) is 8.59. The lowest BCUT2D eigenvalue weighted by molar-refractivity contribution is 0.0724. The smallest absolute Gasteiger partial charge is 0.347 e. The van der Waals surface area contributed by atoms with Gasteiger partial charge in [-0.1, -0.05) is 23.9 Å². The SMILES string of the molecule is CCOc1ccccc1C(=O)Oc1coc(CSc2nccn2C)cc1=O. The number of aryl methyl sites for hydroxylation is 1. The van der Waals surface area contributed by atoms with Crippen molar-refractivity contribution in [2.24, 2.45) is 7.05 Å². The van der Waals surface area contributed by atoms with Gasteiger partial charge in [-0.25, -0.2) is 9.78 Å². The molecule has 0 N–H and O–H groups in total. The first-order chi connectivity index (χ1) is 13.1. The summed E-state index contributed by atoms with van der Waals surface area (Å²) in [5.41, 5.74) is -0.188. The van der Waals surface area contributed by atoms with Crippen LogP contribution in [0.5, 0.6) is 11.5 Å². The highest BCUT2D eigenvalue weighted by molar-refractivity contribution is 7.98. The number of carbonyl (C=O) groups is 1. The Bertz CT molecular complexity index is 996. The molecule has 7 nitrogen and oxygen atoms in total. The van der Waals surface area contributed by atoms with Crippen molar-refractivity contribution in [2.75, 3.05) is 6.61 Å². The Balaban J connectivity index is 1.70. The second-order valence-electron chi connectivity index (χ2n) is 5.50. The van der Waals surface area contributed by atoms with E-state index in [9.17, 15) is 9.59 Å². The Morgan fingerprint density at radius 3 is 2.81 bits per heavy atom. The maximum absolute atomic E-state index is 12.4. The number of imidazole rings is 1. The van der Waals surface area contributed by atoms with Crippen molar-refractivity contribution in [3.05, 3.63) is 70.5 Å². The molecule has 0 aliphatic heterocycles. The molecule has 2 heterocycles. The summed E-state index contributed by atoms with van der Waals surface area (Å²) in [6, 6.07) is 8.00. The molecule has 0 amide bonds. The van der Waals surface area contributed by atoms with Gasteiger partial charge in [-0.3, -0.25) is 4.79 Å². The Hall–Kier alpha value is -3.00. The highest BCUT2D eigenvalue weighted by Gasteiger charge is 2.17. The van der Waals surface area contributed by atoms with Crippen LogP contribution in [-0.4, -0.2) is 22.1 Å². The van der Waals surface area contributed by atoms with Crippen LogP contribution in [0.15, 0.2) is 63.4 Å². The molecular formula is C19H18N2O5S. The monoisotopic (exact) mass is 386 g/mol. The van der Waals surface area contributed by atoms with E-state index in [4.69, 9.17) is 13.9 Å². The maximum atomic E-state index is 12.4. The molecule has 3 aromatic rings. The molecule has 0 aliphatic carbocycles. The molecule has 27 heavy (non-hydrogen) atoms. The molecule has 1 aromatic carbocycles. The van der Waals surface area contributed by atoms with Crippen molar-refractivity contribution >= 4 is 17.7 Å². The van der Waals surface area contributed by atoms with Crippen molar-refractivity contribution in [3.8, 4) is 11.5 Å². The van der Waals surface area contributed by atoms with Crippen LogP contribution in [0, 0.1) is 0 Å². The Kier molecular flexibility index (Phi) is 5.97. The average Bonchev–Trinajstić information content (AvgIpc) is 3.07. The Morgan fingerprint density at radius 2 is 2.11 bits per heavy atom. The first-order valence-corrected chi connectivity index (χ1v) is 9.23. The number of hydrogen-bond donors (Lipinski definition) is 0. The van der Waals surface area contributed by atoms with E-state index in [0.717, 1.165) is 11.4 Å². The maximum Gasteiger partial charge on any atom is 0.347 e. The van der Waals surface area contributed by atoms with Crippen LogP contribution in [0.1, 0.15) is 23.0 Å². The first kappa shape index (κ1) is 18.8. The van der Waals surface area contributed by atoms with Gasteiger partial charge >= 0.3 is 5.97 Å². The number of benzene rings is 1. The number of nitrogens with zero attached hydrogens (tertiary/aromatic N) is 2. The first-order valence-electron chi connectivity index (χ1n) is 8.24. The molecule has 2 aromatic heterocycles. The standard InChI is InChI=1S/C19H18N2O5S/c1-3-24-16-7-5-4-6-14(16)18(23)26-17-11-25-13(10-15(17)22)12-27-19-20-8-9-21(19)2/h4-11H,3,12H2,1-2H3. The van der Waals surface area contributed by atoms with Gasteiger partial charge in [0.1, 0.15) is 23.3 Å². The fraction of sp³-hybridized carbons (Fsp3) is 0.211. The van der Waals surface area contributed by atoms with Gasteiger partial charge in [-0.05, 0) is 19.1 Å². The van der Waals surface area contributed by atoms with E-state index in [2.05, 4.69) is 4.98 Å². The van der Waals surface area contributed by atoms with Crippen molar-refractivity contribution in [3.63, 3.8) is 0 Å². The summed E-state index contributed by atoms with van der Waals surface area (Å²) in [6.45, 7) is 2.23. The molecule has 0 saturated carbocycles. The number of aromatic nitrogens is 2. The molecule has 0 spiro atoms. The molecule has 0 saturated heterocycles. The predicted molar refractivity (Wildman–Crippen MR) is 100 cm³/mol. The lowest BCUT2D eigenvalue weighted by Gasteiger charge is -2.09. The van der Waals surface area contributed by atoms with Crippen LogP contribution in [0.3, 0.4) is 0 Å². The lowest BCUT2D eigenvalue weighted by Crippen LogP contribution is -2.15. The minimum atomic E-state index is -0.679. The fourth-order valence-electron chi connectivity index (χ4n) is 2.29. The highest BCUT2D eigenvalue weighted by Crippen LogP contribution is 2.22. The van der Waals surface area contributed by atoms with Crippen molar-refractivity contribution < 1.29 is 18.7 Å². The number of esters is 1. The zero-order valence-electron chi connectivity index (χ0n) is 14.9. The molecule has 8 heteroatoms. The molecular weight excluding hydrogens is 368 g/mol. The molecule has 0 fully saturated rings. The van der Waals surface area contributed by atoms with Crippen LogP contribution in [0.2, 0.25) is 0 Å². The van der Waals surface area contributed by atoms with E-state index < -0.39 is 11.4 Å². The highest BCUT2D eigenvalue weighted by atomic mass is 32.2. The van der Waals surface area contributed by atoms with Crippen LogP contribution in [0.4, 0.5) is 0 Å². The summed E-state index contributed by atoms with van der Waals surface area (Å²) in [7, 11) is 1.88. The number of thioether (sulfide) groups is 1. The molecule has 140 valence electrons. The van der Waals surface area contributed by atoms with Crippen LogP contribution >= 0.6 is 11.8 Å². The summed E-state index contributed by atoms with van der Waals surface area (Å²) in [4.78, 5) is 28.8. The number of hydrogen-bond acceptors (Lipinski definition) is 7. The minimum absolute atomic E-state index is 0.169. The zero-order chi connectivity index (χ0) is 19.2. The van der Waals surface area contributed by atoms with Gasteiger partial charge in [0.2, 0.25) is 11.2 Å². The molecule has 0 atom stereocenters. The van der Waals surface area contributed by atoms with Crippen molar-refractivity contribution in [1.82, 2.24) is 9.55 Å². The van der Waals surface area contributed by atoms with E-state index in [1.165, 1.54) is 17.8 Å². The number of carbonyl (C=O) groups excluding carboxylic acids is 1. The normalized spacial score (nSPS) is 10.6. The predicted octanol–water partition coefficient (Wildman–Crippen LogP) is 3.28. The van der Waals surface area contributed by atoms with Gasteiger partial charge in [-0.15, -0.1) is 0 Å². The van der Waals surface area contributed by atoms with E-state index in [-0.39, 0.29) is 11.3 Å². The Labute approximate surface area is 159 Å². The quantitative estimate of drug-likeness (QED) is 0.455. The van der Waals surface area contributed by atoms with Crippen LogP contribution < -0.4 is 14.9 Å². The number of para-hydroxylation sites is 1. The van der Waals surface area contributed by atoms with Gasteiger partial charge in [0.05, 0.1) is 12.4 Å². The number of ether oxygens (including phenoxy) is 2. The molecule has 0 unspecified atom stereocenters. The summed E-state index contributed by atoms with van der Waals surface area (Å²) in [5, 5.41) is 0.806. The van der Waals surface area contributed by atoms with Crippen molar-refractivity contribution in [1.29, 1.82) is 0 Å². The molecule has 0 radical (unpaired) electrons. The summed E-state index contributed by atoms with van der Waals surface area (Å²) in [5.74, 6) is 0.445. The third-order valence-corrected chi connectivity index (χ3v) is 4.66. The van der Waals surface area contributed by atoms with Gasteiger partial charge < -0.3 is 18.5 Å². The Morgan fingerprint density at radius 1 is 1.30 bits per heavy atom. The summed E-state index contributed by atoms with van der Waals surface area (Å²) in [6.07, 6.45) is 4.68. The van der Waals surface area contributed by atoms with Crippen molar-refractivity contribution in [2.45, 2.75) is 17.8 Å². The molecule has 0 bridgehead atoms. The van der Waals surface area contributed by atoms with E-state index in [1.807, 2.05) is 24.7 Å². The lowest BCUT2D eigenvalue weighted by atomic mass is 10.2. The number of rotatable bonds is 7. The summed E-state index contributed by atoms with van der Waals surface area (Å²) >= 11 is 1.43. The minimum Gasteiger partial charge on any atom is -0.493 e. The fourth-order valence-corrected chi connectivity index (χ4v) is 3.11. The van der Waals surface area contributed by atoms with Crippen LogP contribution in [-0.2, 0) is 12.8 Å². The third-order valence-electron chi connectivity index (χ3n) is 3.58. The average molecular weight is 386 g/mol. The van der Waals surface area contributed by atoms with Crippen LogP contribution in [0.25, 0.3) is 0 Å². The summed E-state index contributed by atoms with van der Waals surface area (Å²) < 4.78 is 17.9. The third kappa shape index (κ3) is 4.59. The second-order valence-corrected chi connectivity index (χ2v) is 6.45. The van der Waals surface area contributed by atoms with Gasteiger partial charge in [0.15, 0.2) is 5.16 Å². The topological polar surface area (TPSA) is 83.6 Å². The zero-order valence-corrected chi connectivity index (χ0v) is 15.7. The molecule has 3 rings (SSSR count). The largest absolute Gasteiger partial charge is 0.493 e.